The van der Waals surface area contributed by atoms with E-state index in [1.807, 2.05) is 24.3 Å². The zero-order chi connectivity index (χ0) is 12.0. The minimum atomic E-state index is -0.267. The maximum Gasteiger partial charge on any atom is 0.217 e. The fourth-order valence-electron chi connectivity index (χ4n) is 1.35. The molecule has 0 saturated heterocycles. The summed E-state index contributed by atoms with van der Waals surface area (Å²) >= 11 is 0. The summed E-state index contributed by atoms with van der Waals surface area (Å²) in [6.45, 7) is 0. The third kappa shape index (κ3) is 4.45. The largest absolute Gasteiger partial charge is 0.370 e. The number of nitrogens with zero attached hydrogens (tertiary/aromatic N) is 1. The highest BCUT2D eigenvalue weighted by molar-refractivity contribution is 5.78. The standard InChI is InChI=1S/C11H16N4O/c12-10(16)3-1-2-8-4-6-9(7-5-8)15-11(13)14/h4-7H,1-3H2,(H2,12,16)(H4,13,14,15). The lowest BCUT2D eigenvalue weighted by Crippen LogP contribution is -2.21. The predicted octanol–water partition coefficient (Wildman–Crippen LogP) is 0.400. The van der Waals surface area contributed by atoms with Crippen molar-refractivity contribution in [2.75, 3.05) is 0 Å². The molecule has 5 heteroatoms. The molecule has 0 aromatic heterocycles. The molecule has 86 valence electrons. The first-order valence-corrected chi connectivity index (χ1v) is 5.05. The predicted molar refractivity (Wildman–Crippen MR) is 64.0 cm³/mol. The molecule has 0 bridgehead atoms. The number of aryl methyl sites for hydroxylation is 1. The van der Waals surface area contributed by atoms with Gasteiger partial charge in [0.05, 0.1) is 5.69 Å². The molecular formula is C11H16N4O. The van der Waals surface area contributed by atoms with Crippen LogP contribution in [0, 0.1) is 0 Å². The van der Waals surface area contributed by atoms with Crippen LogP contribution in [0.2, 0.25) is 0 Å². The summed E-state index contributed by atoms with van der Waals surface area (Å²) < 4.78 is 0. The Kier molecular flexibility index (Phi) is 4.32. The van der Waals surface area contributed by atoms with Crippen molar-refractivity contribution < 1.29 is 4.79 Å². The Morgan fingerprint density at radius 3 is 2.25 bits per heavy atom. The van der Waals surface area contributed by atoms with Crippen LogP contribution in [0.25, 0.3) is 0 Å². The molecule has 0 saturated carbocycles. The molecule has 0 aliphatic rings. The average molecular weight is 220 g/mol. The smallest absolute Gasteiger partial charge is 0.217 e. The van der Waals surface area contributed by atoms with Gasteiger partial charge in [0.15, 0.2) is 5.96 Å². The number of hydrogen-bond donors (Lipinski definition) is 3. The van der Waals surface area contributed by atoms with Gasteiger partial charge in [0.25, 0.3) is 0 Å². The minimum absolute atomic E-state index is 0.0430. The van der Waals surface area contributed by atoms with Crippen LogP contribution in [-0.2, 0) is 11.2 Å². The van der Waals surface area contributed by atoms with Crippen molar-refractivity contribution in [3.05, 3.63) is 29.8 Å². The third-order valence-corrected chi connectivity index (χ3v) is 2.08. The van der Waals surface area contributed by atoms with E-state index in [9.17, 15) is 4.79 Å². The lowest BCUT2D eigenvalue weighted by molar-refractivity contribution is -0.118. The van der Waals surface area contributed by atoms with Gasteiger partial charge in [-0.25, -0.2) is 4.99 Å². The molecule has 0 unspecified atom stereocenters. The van der Waals surface area contributed by atoms with E-state index < -0.39 is 0 Å². The molecule has 0 fully saturated rings. The zero-order valence-corrected chi connectivity index (χ0v) is 9.02. The monoisotopic (exact) mass is 220 g/mol. The average Bonchev–Trinajstić information content (AvgIpc) is 2.19. The summed E-state index contributed by atoms with van der Waals surface area (Å²) in [5.74, 6) is -0.224. The number of primary amides is 1. The van der Waals surface area contributed by atoms with Crippen LogP contribution in [0.4, 0.5) is 5.69 Å². The van der Waals surface area contributed by atoms with Gasteiger partial charge in [-0.3, -0.25) is 4.79 Å². The van der Waals surface area contributed by atoms with E-state index in [4.69, 9.17) is 17.2 Å². The van der Waals surface area contributed by atoms with E-state index >= 15 is 0 Å². The summed E-state index contributed by atoms with van der Waals surface area (Å²) in [6.07, 6.45) is 2.00. The molecule has 5 nitrogen and oxygen atoms in total. The normalized spacial score (nSPS) is 9.75. The number of guanidine groups is 1. The Balaban J connectivity index is 2.51. The van der Waals surface area contributed by atoms with Crippen molar-refractivity contribution in [3.8, 4) is 0 Å². The molecule has 1 aromatic rings. The first kappa shape index (κ1) is 12.0. The van der Waals surface area contributed by atoms with E-state index in [0.29, 0.717) is 6.42 Å². The number of amides is 1. The van der Waals surface area contributed by atoms with E-state index in [1.165, 1.54) is 0 Å². The summed E-state index contributed by atoms with van der Waals surface area (Å²) in [6, 6.07) is 7.53. The lowest BCUT2D eigenvalue weighted by atomic mass is 10.1. The topological polar surface area (TPSA) is 107 Å². The second-order valence-corrected chi connectivity index (χ2v) is 3.52. The van der Waals surface area contributed by atoms with Gasteiger partial charge in [-0.15, -0.1) is 0 Å². The van der Waals surface area contributed by atoms with E-state index in [1.54, 1.807) is 0 Å². The summed E-state index contributed by atoms with van der Waals surface area (Å²) in [7, 11) is 0. The highest BCUT2D eigenvalue weighted by atomic mass is 16.1. The van der Waals surface area contributed by atoms with Gasteiger partial charge in [-0.05, 0) is 30.5 Å². The van der Waals surface area contributed by atoms with E-state index in [0.717, 1.165) is 24.1 Å². The molecule has 6 N–H and O–H groups in total. The van der Waals surface area contributed by atoms with Crippen LogP contribution in [0.5, 0.6) is 0 Å². The maximum atomic E-state index is 10.5. The second-order valence-electron chi connectivity index (χ2n) is 3.52. The molecule has 0 aliphatic carbocycles. The van der Waals surface area contributed by atoms with E-state index in [2.05, 4.69) is 4.99 Å². The highest BCUT2D eigenvalue weighted by Gasteiger charge is 1.97. The molecule has 16 heavy (non-hydrogen) atoms. The van der Waals surface area contributed by atoms with Crippen LogP contribution >= 0.6 is 0 Å². The Labute approximate surface area is 94.3 Å². The minimum Gasteiger partial charge on any atom is -0.370 e. The molecule has 0 aliphatic heterocycles. The SMILES string of the molecule is NC(=O)CCCc1ccc(N=C(N)N)cc1. The summed E-state index contributed by atoms with van der Waals surface area (Å²) in [4.78, 5) is 14.4. The number of aliphatic imine (C=N–C) groups is 1. The Bertz CT molecular complexity index is 379. The lowest BCUT2D eigenvalue weighted by Gasteiger charge is -2.01. The van der Waals surface area contributed by atoms with Crippen LogP contribution in [-0.4, -0.2) is 11.9 Å². The first-order valence-electron chi connectivity index (χ1n) is 5.05. The molecule has 1 aromatic carbocycles. The zero-order valence-electron chi connectivity index (χ0n) is 9.02. The molecular weight excluding hydrogens is 204 g/mol. The fourth-order valence-corrected chi connectivity index (χ4v) is 1.35. The number of nitrogens with two attached hydrogens (primary N) is 3. The van der Waals surface area contributed by atoms with Crippen LogP contribution in [0.1, 0.15) is 18.4 Å². The molecule has 1 amide bonds. The van der Waals surface area contributed by atoms with Gasteiger partial charge in [-0.2, -0.15) is 0 Å². The fraction of sp³-hybridized carbons (Fsp3) is 0.273. The van der Waals surface area contributed by atoms with Crippen molar-refractivity contribution in [1.29, 1.82) is 0 Å². The van der Waals surface area contributed by atoms with Crippen molar-refractivity contribution in [3.63, 3.8) is 0 Å². The van der Waals surface area contributed by atoms with Gasteiger partial charge in [0.2, 0.25) is 5.91 Å². The molecule has 0 heterocycles. The number of hydrogen-bond acceptors (Lipinski definition) is 2. The number of rotatable bonds is 5. The number of carbonyl (C=O) groups excluding carboxylic acids is 1. The first-order chi connectivity index (χ1) is 7.58. The van der Waals surface area contributed by atoms with Gasteiger partial charge >= 0.3 is 0 Å². The maximum absolute atomic E-state index is 10.5. The van der Waals surface area contributed by atoms with E-state index in [-0.39, 0.29) is 11.9 Å². The molecule has 0 spiro atoms. The van der Waals surface area contributed by atoms with Crippen LogP contribution in [0.15, 0.2) is 29.3 Å². The quantitative estimate of drug-likeness (QED) is 0.493. The molecule has 1 rings (SSSR count). The van der Waals surface area contributed by atoms with Crippen molar-refractivity contribution >= 4 is 17.6 Å². The Hall–Kier alpha value is -2.04. The summed E-state index contributed by atoms with van der Waals surface area (Å²) in [5, 5.41) is 0. The summed E-state index contributed by atoms with van der Waals surface area (Å²) in [5.41, 5.74) is 17.4. The van der Waals surface area contributed by atoms with Gasteiger partial charge in [-0.1, -0.05) is 12.1 Å². The second kappa shape index (κ2) is 5.75. The van der Waals surface area contributed by atoms with Gasteiger partial charge < -0.3 is 17.2 Å². The van der Waals surface area contributed by atoms with Crippen LogP contribution < -0.4 is 17.2 Å². The van der Waals surface area contributed by atoms with Crippen LogP contribution in [0.3, 0.4) is 0 Å². The molecule has 0 radical (unpaired) electrons. The van der Waals surface area contributed by atoms with Gasteiger partial charge in [0.1, 0.15) is 0 Å². The number of carbonyl (C=O) groups is 1. The highest BCUT2D eigenvalue weighted by Crippen LogP contribution is 2.14. The molecule has 0 atom stereocenters. The Morgan fingerprint density at radius 2 is 1.75 bits per heavy atom. The van der Waals surface area contributed by atoms with Gasteiger partial charge in [0, 0.05) is 6.42 Å². The third-order valence-electron chi connectivity index (χ3n) is 2.08. The van der Waals surface area contributed by atoms with Crippen molar-refractivity contribution in [2.24, 2.45) is 22.2 Å². The van der Waals surface area contributed by atoms with Crippen molar-refractivity contribution in [1.82, 2.24) is 0 Å². The van der Waals surface area contributed by atoms with Crippen molar-refractivity contribution in [2.45, 2.75) is 19.3 Å². The number of benzene rings is 1. The Morgan fingerprint density at radius 1 is 1.12 bits per heavy atom.